The molecule has 0 saturated heterocycles. The molecule has 176 valence electrons. The molecule has 6 heteroatoms. The molecule has 1 aromatic rings. The molecule has 0 bridgehead atoms. The van der Waals surface area contributed by atoms with Crippen LogP contribution >= 0.6 is 0 Å². The molecule has 1 rings (SSSR count). The van der Waals surface area contributed by atoms with Crippen molar-refractivity contribution in [2.75, 3.05) is 13.2 Å². The van der Waals surface area contributed by atoms with Gasteiger partial charge < -0.3 is 4.74 Å². The van der Waals surface area contributed by atoms with Crippen molar-refractivity contribution in [3.05, 3.63) is 24.3 Å². The maximum atomic E-state index is 12.3. The van der Waals surface area contributed by atoms with Gasteiger partial charge in [0.1, 0.15) is 10.6 Å². The molecule has 0 aliphatic carbocycles. The van der Waals surface area contributed by atoms with Gasteiger partial charge in [-0.05, 0) is 25.0 Å². The number of para-hydroxylation sites is 1. The Bertz CT molecular complexity index is 634. The molecule has 0 N–H and O–H groups in total. The van der Waals surface area contributed by atoms with Gasteiger partial charge in [-0.15, -0.1) is 0 Å². The van der Waals surface area contributed by atoms with Crippen molar-refractivity contribution >= 4 is 39.7 Å². The third kappa shape index (κ3) is 15.4. The van der Waals surface area contributed by atoms with E-state index in [0.717, 1.165) is 12.8 Å². The molecule has 0 atom stereocenters. The first-order valence-corrected chi connectivity index (χ1v) is 13.6. The summed E-state index contributed by atoms with van der Waals surface area (Å²) in [5, 5.41) is 0. The molecule has 0 fully saturated rings. The van der Waals surface area contributed by atoms with E-state index in [9.17, 15) is 8.42 Å². The van der Waals surface area contributed by atoms with Crippen molar-refractivity contribution in [1.82, 2.24) is 0 Å². The first-order chi connectivity index (χ1) is 14.6. The molecular weight excluding hydrogens is 419 g/mol. The second-order valence-corrected chi connectivity index (χ2v) is 9.75. The van der Waals surface area contributed by atoms with Gasteiger partial charge in [0.15, 0.2) is 0 Å². The van der Waals surface area contributed by atoms with Crippen LogP contribution < -0.4 is 4.74 Å². The molecule has 0 spiro atoms. The zero-order valence-electron chi connectivity index (χ0n) is 19.4. The second kappa shape index (κ2) is 20.5. The molecule has 0 unspecified atom stereocenters. The predicted molar refractivity (Wildman–Crippen MR) is 133 cm³/mol. The summed E-state index contributed by atoms with van der Waals surface area (Å²) in [5.41, 5.74) is 0. The van der Waals surface area contributed by atoms with Gasteiger partial charge in [0, 0.05) is 0 Å². The van der Waals surface area contributed by atoms with Gasteiger partial charge in [0.2, 0.25) is 0 Å². The summed E-state index contributed by atoms with van der Waals surface area (Å²) in [6, 6.07) is 6.73. The van der Waals surface area contributed by atoms with Gasteiger partial charge in [0.25, 0.3) is 0 Å². The molecule has 1 aromatic carbocycles. The fourth-order valence-electron chi connectivity index (χ4n) is 3.51. The molecule has 0 radical (unpaired) electrons. The van der Waals surface area contributed by atoms with Crippen LogP contribution in [0.2, 0.25) is 0 Å². The molecule has 4 nitrogen and oxygen atoms in total. The molecule has 0 heterocycles. The van der Waals surface area contributed by atoms with Crippen LogP contribution in [0.15, 0.2) is 29.2 Å². The minimum atomic E-state index is -3.75. The van der Waals surface area contributed by atoms with Gasteiger partial charge >= 0.3 is 39.7 Å². The van der Waals surface area contributed by atoms with Gasteiger partial charge in [-0.25, -0.2) is 0 Å². The van der Waals surface area contributed by atoms with Crippen LogP contribution in [-0.2, 0) is 14.3 Å². The van der Waals surface area contributed by atoms with Gasteiger partial charge in [-0.3, -0.25) is 4.18 Å². The van der Waals surface area contributed by atoms with E-state index in [1.807, 2.05) is 6.92 Å². The quantitative estimate of drug-likeness (QED) is 0.118. The van der Waals surface area contributed by atoms with E-state index in [1.54, 1.807) is 24.3 Å². The van der Waals surface area contributed by atoms with Crippen molar-refractivity contribution < 1.29 is 17.3 Å². The van der Waals surface area contributed by atoms with Crippen molar-refractivity contribution in [2.24, 2.45) is 0 Å². The van der Waals surface area contributed by atoms with Gasteiger partial charge in [0.05, 0.1) is 13.2 Å². The first kappa shape index (κ1) is 30.9. The maximum absolute atomic E-state index is 12.3. The molecule has 0 aliphatic heterocycles. The van der Waals surface area contributed by atoms with E-state index < -0.39 is 10.1 Å². The summed E-state index contributed by atoms with van der Waals surface area (Å²) >= 11 is 0. The zero-order valence-corrected chi connectivity index (χ0v) is 20.2. The number of hydrogen-bond donors (Lipinski definition) is 0. The molecule has 31 heavy (non-hydrogen) atoms. The van der Waals surface area contributed by atoms with E-state index in [2.05, 4.69) is 6.92 Å². The summed E-state index contributed by atoms with van der Waals surface area (Å²) in [7, 11) is -3.75. The summed E-state index contributed by atoms with van der Waals surface area (Å²) in [4.78, 5) is 0.129. The molecule has 0 aliphatic rings. The molecule has 0 saturated carbocycles. The normalized spacial score (nSPS) is 11.3. The van der Waals surface area contributed by atoms with Crippen LogP contribution in [-0.4, -0.2) is 51.2 Å². The third-order valence-corrected chi connectivity index (χ3v) is 6.67. The Morgan fingerprint density at radius 3 is 1.65 bits per heavy atom. The molecular formula is C25H45NaO4S. The summed E-state index contributed by atoms with van der Waals surface area (Å²) < 4.78 is 35.3. The number of benzene rings is 1. The Hall–Kier alpha value is -0.0700. The van der Waals surface area contributed by atoms with Crippen LogP contribution in [0, 0.1) is 0 Å². The van der Waals surface area contributed by atoms with E-state index in [1.165, 1.54) is 77.0 Å². The Labute approximate surface area is 214 Å². The fraction of sp³-hybridized carbons (Fsp3) is 0.760. The zero-order chi connectivity index (χ0) is 21.9. The van der Waals surface area contributed by atoms with Gasteiger partial charge in [-0.1, -0.05) is 109 Å². The van der Waals surface area contributed by atoms with Crippen LogP contribution in [0.3, 0.4) is 0 Å². The summed E-state index contributed by atoms with van der Waals surface area (Å²) in [6.07, 6.45) is 19.0. The fourth-order valence-corrected chi connectivity index (χ4v) is 4.64. The first-order valence-electron chi connectivity index (χ1n) is 12.2. The minimum absolute atomic E-state index is 0. The van der Waals surface area contributed by atoms with Crippen molar-refractivity contribution in [1.29, 1.82) is 0 Å². The number of unbranched alkanes of at least 4 members (excludes halogenated alkanes) is 13. The SMILES string of the molecule is CCCCCCCCCCCCCCCCOc1ccccc1S(=O)(=O)OCCC.[NaH]. The second-order valence-electron chi connectivity index (χ2n) is 8.17. The number of hydrogen-bond acceptors (Lipinski definition) is 4. The topological polar surface area (TPSA) is 52.6 Å². The van der Waals surface area contributed by atoms with E-state index in [4.69, 9.17) is 8.92 Å². The average molecular weight is 465 g/mol. The Morgan fingerprint density at radius 1 is 0.645 bits per heavy atom. The van der Waals surface area contributed by atoms with E-state index in [-0.39, 0.29) is 41.1 Å². The predicted octanol–water partition coefficient (Wildman–Crippen LogP) is 7.01. The monoisotopic (exact) mass is 464 g/mol. The van der Waals surface area contributed by atoms with Crippen LogP contribution in [0.25, 0.3) is 0 Å². The molecule has 0 aromatic heterocycles. The van der Waals surface area contributed by atoms with E-state index >= 15 is 0 Å². The van der Waals surface area contributed by atoms with Crippen molar-refractivity contribution in [3.63, 3.8) is 0 Å². The van der Waals surface area contributed by atoms with Crippen LogP contribution in [0.4, 0.5) is 0 Å². The van der Waals surface area contributed by atoms with Gasteiger partial charge in [-0.2, -0.15) is 8.42 Å². The Kier molecular flexibility index (Phi) is 20.5. The summed E-state index contributed by atoms with van der Waals surface area (Å²) in [6.45, 7) is 4.88. The number of ether oxygens (including phenoxy) is 1. The Morgan fingerprint density at radius 2 is 1.13 bits per heavy atom. The number of rotatable bonds is 20. The molecule has 0 amide bonds. The standard InChI is InChI=1S/C25H44O4S.Na.H/c1-3-5-6-7-8-9-10-11-12-13-14-15-16-19-23-28-24-20-17-18-21-25(24)30(26,27)29-22-4-2;;/h17-18,20-21H,3-16,19,22-23H2,1-2H3;;. The van der Waals surface area contributed by atoms with Crippen molar-refractivity contribution in [3.8, 4) is 5.75 Å². The van der Waals surface area contributed by atoms with Crippen molar-refractivity contribution in [2.45, 2.75) is 115 Å². The summed E-state index contributed by atoms with van der Waals surface area (Å²) in [5.74, 6) is 0.392. The Balaban J connectivity index is 0.00000900. The van der Waals surface area contributed by atoms with Crippen LogP contribution in [0.5, 0.6) is 5.75 Å². The van der Waals surface area contributed by atoms with Crippen LogP contribution in [0.1, 0.15) is 110 Å². The van der Waals surface area contributed by atoms with E-state index in [0.29, 0.717) is 18.8 Å². The average Bonchev–Trinajstić information content (AvgIpc) is 2.75. The third-order valence-electron chi connectivity index (χ3n) is 5.32.